The first-order chi connectivity index (χ1) is 15.9. The lowest BCUT2D eigenvalue weighted by molar-refractivity contribution is -0.149. The molecule has 6 nitrogen and oxygen atoms in total. The summed E-state index contributed by atoms with van der Waals surface area (Å²) < 4.78 is 37.9. The molecule has 1 saturated heterocycles. The Morgan fingerprint density at radius 2 is 2.00 bits per heavy atom. The van der Waals surface area contributed by atoms with Crippen LogP contribution in [0.25, 0.3) is 10.2 Å². The Labute approximate surface area is 205 Å². The van der Waals surface area contributed by atoms with Crippen molar-refractivity contribution < 1.29 is 22.7 Å². The molecule has 2 fully saturated rings. The molecule has 1 aliphatic heterocycles. The van der Waals surface area contributed by atoms with Crippen LogP contribution in [0.1, 0.15) is 47.5 Å². The van der Waals surface area contributed by atoms with E-state index in [1.807, 2.05) is 38.1 Å². The maximum Gasteiger partial charge on any atom is 0.302 e. The van der Waals surface area contributed by atoms with Crippen molar-refractivity contribution in [2.75, 3.05) is 5.75 Å². The van der Waals surface area contributed by atoms with E-state index in [9.17, 15) is 13.2 Å². The number of ether oxygens (including phenoxy) is 2. The third-order valence-electron chi connectivity index (χ3n) is 6.50. The molecular formula is C26H29NO5S2. The number of sulfone groups is 1. The van der Waals surface area contributed by atoms with Gasteiger partial charge in [-0.2, -0.15) is 0 Å². The van der Waals surface area contributed by atoms with Crippen molar-refractivity contribution in [3.05, 3.63) is 48.1 Å². The topological polar surface area (TPSA) is 85.9 Å². The zero-order chi connectivity index (χ0) is 24.8. The van der Waals surface area contributed by atoms with Crippen LogP contribution >= 0.6 is 11.3 Å². The number of rotatable bonds is 5. The number of nitrogens with zero attached hydrogens (tertiary/aromatic N) is 1. The minimum Gasteiger partial charge on any atom is -0.462 e. The van der Waals surface area contributed by atoms with Gasteiger partial charge >= 0.3 is 5.97 Å². The summed E-state index contributed by atoms with van der Waals surface area (Å²) in [6.07, 6.45) is 6.25. The van der Waals surface area contributed by atoms with E-state index in [4.69, 9.17) is 9.47 Å². The number of para-hydroxylation sites is 1. The monoisotopic (exact) mass is 499 g/mol. The minimum absolute atomic E-state index is 0.125. The molecule has 1 aliphatic carbocycles. The predicted octanol–water partition coefficient (Wildman–Crippen LogP) is 4.86. The Hall–Kier alpha value is -2.47. The highest BCUT2D eigenvalue weighted by Gasteiger charge is 2.76. The third-order valence-corrected chi connectivity index (χ3v) is 9.59. The van der Waals surface area contributed by atoms with Crippen LogP contribution in [0.2, 0.25) is 0 Å². The Morgan fingerprint density at radius 1 is 1.26 bits per heavy atom. The van der Waals surface area contributed by atoms with Gasteiger partial charge in [0.1, 0.15) is 11.7 Å². The number of epoxide rings is 1. The quantitative estimate of drug-likeness (QED) is 0.253. The normalized spacial score (nSPS) is 28.3. The third kappa shape index (κ3) is 4.57. The number of fused-ring (bicyclic) bond motifs is 2. The summed E-state index contributed by atoms with van der Waals surface area (Å²) >= 11 is 1.19. The number of esters is 1. The van der Waals surface area contributed by atoms with Gasteiger partial charge in [-0.25, -0.2) is 13.4 Å². The van der Waals surface area contributed by atoms with E-state index in [0.717, 1.165) is 10.3 Å². The van der Waals surface area contributed by atoms with Crippen molar-refractivity contribution >= 4 is 37.4 Å². The highest BCUT2D eigenvalue weighted by Crippen LogP contribution is 2.65. The summed E-state index contributed by atoms with van der Waals surface area (Å²) in [5.41, 5.74) is 0.169. The van der Waals surface area contributed by atoms with E-state index in [1.54, 1.807) is 18.2 Å². The Bertz CT molecular complexity index is 1330. The minimum atomic E-state index is -3.49. The Morgan fingerprint density at radius 3 is 2.68 bits per heavy atom. The smallest absolute Gasteiger partial charge is 0.302 e. The van der Waals surface area contributed by atoms with Crippen LogP contribution < -0.4 is 0 Å². The molecule has 0 bridgehead atoms. The summed E-state index contributed by atoms with van der Waals surface area (Å²) in [4.78, 5) is 15.7. The molecule has 3 atom stereocenters. The number of carbonyl (C=O) groups excluding carboxylic acids is 1. The SMILES string of the molecule is CC(=O)O[C@H]1CC(C)(C)[C@]2(C#C/C(C)=C/C=C/CS(=O)(=O)c3nc4ccccc4s3)O[C@]2(C)C1. The second-order valence-corrected chi connectivity index (χ2v) is 13.0. The van der Waals surface area contributed by atoms with Gasteiger partial charge in [0.2, 0.25) is 14.2 Å². The lowest BCUT2D eigenvalue weighted by atomic mass is 9.63. The van der Waals surface area contributed by atoms with Crippen LogP contribution in [0.4, 0.5) is 0 Å². The van der Waals surface area contributed by atoms with Crippen LogP contribution in [-0.4, -0.2) is 42.4 Å². The van der Waals surface area contributed by atoms with E-state index in [1.165, 1.54) is 18.3 Å². The molecule has 0 radical (unpaired) electrons. The van der Waals surface area contributed by atoms with Gasteiger partial charge in [0.25, 0.3) is 0 Å². The first-order valence-corrected chi connectivity index (χ1v) is 13.7. The van der Waals surface area contributed by atoms with E-state index >= 15 is 0 Å². The van der Waals surface area contributed by atoms with E-state index < -0.39 is 21.0 Å². The molecule has 0 unspecified atom stereocenters. The number of benzene rings is 1. The molecule has 2 aliphatic rings. The summed E-state index contributed by atoms with van der Waals surface area (Å²) in [6, 6.07) is 7.38. The maximum atomic E-state index is 12.6. The zero-order valence-corrected chi connectivity index (χ0v) is 21.7. The average Bonchev–Trinajstić information content (AvgIpc) is 3.13. The van der Waals surface area contributed by atoms with Crippen LogP contribution in [0.3, 0.4) is 0 Å². The number of aromatic nitrogens is 1. The molecule has 1 aromatic heterocycles. The van der Waals surface area contributed by atoms with Crippen molar-refractivity contribution in [2.45, 2.75) is 69.1 Å². The second-order valence-electron chi connectivity index (χ2n) is 9.79. The van der Waals surface area contributed by atoms with Gasteiger partial charge < -0.3 is 9.47 Å². The van der Waals surface area contributed by atoms with Gasteiger partial charge in [0, 0.05) is 18.8 Å². The van der Waals surface area contributed by atoms with Gasteiger partial charge in [-0.15, -0.1) is 11.3 Å². The predicted molar refractivity (Wildman–Crippen MR) is 133 cm³/mol. The second kappa shape index (κ2) is 8.63. The highest BCUT2D eigenvalue weighted by atomic mass is 32.2. The molecular weight excluding hydrogens is 470 g/mol. The Balaban J connectivity index is 1.42. The molecule has 34 heavy (non-hydrogen) atoms. The van der Waals surface area contributed by atoms with E-state index in [-0.39, 0.29) is 27.6 Å². The number of hydrogen-bond donors (Lipinski definition) is 0. The van der Waals surface area contributed by atoms with Crippen molar-refractivity contribution in [3.8, 4) is 11.8 Å². The van der Waals surface area contributed by atoms with Crippen LogP contribution in [0.15, 0.2) is 52.4 Å². The number of hydrogen-bond acceptors (Lipinski definition) is 7. The standard InChI is InChI=1S/C26H29NO5S2/c1-18(10-8-9-15-34(29,30)23-27-21-11-6-7-12-22(21)33-23)13-14-26-24(3,4)16-20(31-19(2)28)17-25(26,5)32-26/h6-12,20H,15-17H2,1-5H3/b9-8+,18-10+/t20-,25+,26-/m0/s1. The lowest BCUT2D eigenvalue weighted by Crippen LogP contribution is -2.47. The molecule has 1 aromatic carbocycles. The van der Waals surface area contributed by atoms with Gasteiger partial charge in [-0.3, -0.25) is 4.79 Å². The number of allylic oxidation sites excluding steroid dienone is 3. The van der Waals surface area contributed by atoms with Gasteiger partial charge in [-0.05, 0) is 38.0 Å². The van der Waals surface area contributed by atoms with Crippen molar-refractivity contribution in [3.63, 3.8) is 0 Å². The number of carbonyl (C=O) groups is 1. The summed E-state index contributed by atoms with van der Waals surface area (Å²) in [5, 5.41) is 0. The van der Waals surface area contributed by atoms with Crippen molar-refractivity contribution in [1.29, 1.82) is 0 Å². The fourth-order valence-corrected chi connectivity index (χ4v) is 7.32. The fraction of sp³-hybridized carbons (Fsp3) is 0.462. The fourth-order valence-electron chi connectivity index (χ4n) is 4.89. The molecule has 8 heteroatoms. The van der Waals surface area contributed by atoms with E-state index in [0.29, 0.717) is 18.4 Å². The van der Waals surface area contributed by atoms with Crippen LogP contribution in [0.5, 0.6) is 0 Å². The zero-order valence-electron chi connectivity index (χ0n) is 20.0. The van der Waals surface area contributed by atoms with Crippen molar-refractivity contribution in [1.82, 2.24) is 4.98 Å². The molecule has 0 amide bonds. The van der Waals surface area contributed by atoms with Gasteiger partial charge in [0.05, 0.1) is 16.0 Å². The van der Waals surface area contributed by atoms with Crippen LogP contribution in [-0.2, 0) is 24.1 Å². The largest absolute Gasteiger partial charge is 0.462 e. The van der Waals surface area contributed by atoms with Crippen LogP contribution in [0, 0.1) is 17.3 Å². The lowest BCUT2D eigenvalue weighted by Gasteiger charge is -2.38. The summed E-state index contributed by atoms with van der Waals surface area (Å²) in [7, 11) is -3.49. The molecule has 180 valence electrons. The average molecular weight is 500 g/mol. The van der Waals surface area contributed by atoms with Gasteiger partial charge in [0.15, 0.2) is 5.60 Å². The highest BCUT2D eigenvalue weighted by molar-refractivity contribution is 7.93. The molecule has 0 N–H and O–H groups in total. The molecule has 4 rings (SSSR count). The first-order valence-electron chi connectivity index (χ1n) is 11.2. The number of thiazole rings is 1. The van der Waals surface area contributed by atoms with E-state index in [2.05, 4.69) is 30.7 Å². The first kappa shape index (κ1) is 24.6. The summed E-state index contributed by atoms with van der Waals surface area (Å²) in [6.45, 7) is 9.51. The maximum absolute atomic E-state index is 12.6. The van der Waals surface area contributed by atoms with Gasteiger partial charge in [-0.1, -0.05) is 56.0 Å². The molecule has 2 heterocycles. The molecule has 2 aromatic rings. The van der Waals surface area contributed by atoms with Crippen molar-refractivity contribution in [2.24, 2.45) is 5.41 Å². The summed E-state index contributed by atoms with van der Waals surface area (Å²) in [5.74, 6) is 6.11. The molecule has 0 spiro atoms. The molecule has 1 saturated carbocycles. The Kier molecular flexibility index (Phi) is 6.26.